The Morgan fingerprint density at radius 1 is 1.50 bits per heavy atom. The fraction of sp³-hybridized carbons (Fsp3) is 0.250. The van der Waals surface area contributed by atoms with E-state index in [0.717, 1.165) is 10.0 Å². The Morgan fingerprint density at radius 3 is 2.85 bits per heavy atom. The molecular formula is C12H12BrN3O3S. The summed E-state index contributed by atoms with van der Waals surface area (Å²) < 4.78 is 0.984. The van der Waals surface area contributed by atoms with Crippen LogP contribution in [0.4, 0.5) is 0 Å². The molecule has 20 heavy (non-hydrogen) atoms. The maximum atomic E-state index is 11.5. The molecule has 0 saturated carbocycles. The Labute approximate surface area is 128 Å². The number of amides is 1. The fourth-order valence-electron chi connectivity index (χ4n) is 1.57. The zero-order chi connectivity index (χ0) is 14.5. The van der Waals surface area contributed by atoms with Crippen molar-refractivity contribution in [1.82, 2.24) is 10.7 Å². The number of rotatable bonds is 5. The molecule has 1 aliphatic heterocycles. The first-order chi connectivity index (χ1) is 9.54. The van der Waals surface area contributed by atoms with Gasteiger partial charge in [0.2, 0.25) is 5.91 Å². The predicted molar refractivity (Wildman–Crippen MR) is 80.4 cm³/mol. The maximum Gasteiger partial charge on any atom is 0.305 e. The molecule has 0 unspecified atom stereocenters. The molecule has 6 nitrogen and oxygen atoms in total. The van der Waals surface area contributed by atoms with Gasteiger partial charge in [-0.25, -0.2) is 0 Å². The number of nitrogens with zero attached hydrogens (tertiary/aromatic N) is 1. The lowest BCUT2D eigenvalue weighted by molar-refractivity contribution is -0.138. The van der Waals surface area contributed by atoms with Crippen molar-refractivity contribution < 1.29 is 14.7 Å². The first-order valence-electron chi connectivity index (χ1n) is 5.76. The van der Waals surface area contributed by atoms with Crippen LogP contribution in [-0.4, -0.2) is 33.9 Å². The highest BCUT2D eigenvalue weighted by molar-refractivity contribution is 9.10. The van der Waals surface area contributed by atoms with Gasteiger partial charge < -0.3 is 10.4 Å². The second-order valence-electron chi connectivity index (χ2n) is 4.05. The van der Waals surface area contributed by atoms with E-state index in [9.17, 15) is 9.59 Å². The first kappa shape index (κ1) is 14.9. The molecule has 1 heterocycles. The number of aliphatic carboxylic acids is 1. The molecule has 3 N–H and O–H groups in total. The molecule has 0 aliphatic carbocycles. The topological polar surface area (TPSA) is 90.8 Å². The molecule has 106 valence electrons. The zero-order valence-corrected chi connectivity index (χ0v) is 12.6. The van der Waals surface area contributed by atoms with Gasteiger partial charge >= 0.3 is 5.97 Å². The molecule has 2 rings (SSSR count). The Balaban J connectivity index is 1.84. The summed E-state index contributed by atoms with van der Waals surface area (Å²) in [5, 5.41) is 14.8. The van der Waals surface area contributed by atoms with Crippen molar-refractivity contribution in [3.8, 4) is 0 Å². The largest absolute Gasteiger partial charge is 0.481 e. The van der Waals surface area contributed by atoms with E-state index in [4.69, 9.17) is 5.11 Å². The third-order valence-electron chi connectivity index (χ3n) is 2.50. The number of carboxylic acids is 1. The normalized spacial score (nSPS) is 21.9. The Kier molecular flexibility index (Phi) is 5.02. The number of halogens is 1. The predicted octanol–water partition coefficient (Wildman–Crippen LogP) is 1.36. The van der Waals surface area contributed by atoms with Crippen LogP contribution in [0.2, 0.25) is 0 Å². The molecule has 8 heteroatoms. The minimum absolute atomic E-state index is 0.189. The average molecular weight is 358 g/mol. The van der Waals surface area contributed by atoms with Crippen LogP contribution in [0.15, 0.2) is 33.8 Å². The van der Waals surface area contributed by atoms with E-state index in [1.807, 2.05) is 24.3 Å². The highest BCUT2D eigenvalue weighted by atomic mass is 79.9. The van der Waals surface area contributed by atoms with Gasteiger partial charge in [0, 0.05) is 4.47 Å². The molecule has 1 saturated heterocycles. The van der Waals surface area contributed by atoms with Gasteiger partial charge in [0.15, 0.2) is 5.50 Å². The number of carbonyl (C=O) groups excluding carboxylic acids is 1. The summed E-state index contributed by atoms with van der Waals surface area (Å²) in [4.78, 5) is 22.1. The molecule has 1 fully saturated rings. The summed E-state index contributed by atoms with van der Waals surface area (Å²) in [6.07, 6.45) is 1.44. The van der Waals surface area contributed by atoms with E-state index >= 15 is 0 Å². The van der Waals surface area contributed by atoms with Gasteiger partial charge in [-0.1, -0.05) is 28.1 Å². The second kappa shape index (κ2) is 6.76. The maximum absolute atomic E-state index is 11.5. The van der Waals surface area contributed by atoms with Crippen LogP contribution < -0.4 is 10.7 Å². The molecule has 1 amide bonds. The van der Waals surface area contributed by atoms with E-state index in [2.05, 4.69) is 31.8 Å². The molecule has 2 atom stereocenters. The quantitative estimate of drug-likeness (QED) is 0.546. The van der Waals surface area contributed by atoms with Crippen molar-refractivity contribution in [1.29, 1.82) is 0 Å². The molecule has 0 bridgehead atoms. The molecule has 1 aliphatic rings. The number of nitrogens with one attached hydrogen (secondary N) is 2. The van der Waals surface area contributed by atoms with E-state index in [1.165, 1.54) is 11.8 Å². The summed E-state index contributed by atoms with van der Waals surface area (Å²) in [5.41, 5.74) is 3.28. The van der Waals surface area contributed by atoms with Crippen LogP contribution in [0.25, 0.3) is 0 Å². The SMILES string of the molecule is O=C(O)C[C@H]1S[C@@H](N/N=C\c2ccc(Br)cc2)NC1=O. The highest BCUT2D eigenvalue weighted by Gasteiger charge is 2.33. The molecule has 0 aromatic heterocycles. The molecule has 1 aromatic carbocycles. The summed E-state index contributed by atoms with van der Waals surface area (Å²) in [7, 11) is 0. The van der Waals surface area contributed by atoms with Crippen LogP contribution in [-0.2, 0) is 9.59 Å². The van der Waals surface area contributed by atoms with Crippen molar-refractivity contribution >= 4 is 45.8 Å². The lowest BCUT2D eigenvalue weighted by Gasteiger charge is -2.07. The van der Waals surface area contributed by atoms with Gasteiger partial charge in [0.25, 0.3) is 0 Å². The van der Waals surface area contributed by atoms with E-state index in [1.54, 1.807) is 6.21 Å². The molecule has 1 aromatic rings. The lowest BCUT2D eigenvalue weighted by Crippen LogP contribution is -2.35. The molecule has 0 radical (unpaired) electrons. The van der Waals surface area contributed by atoms with Gasteiger partial charge in [-0.2, -0.15) is 5.10 Å². The van der Waals surface area contributed by atoms with E-state index in [-0.39, 0.29) is 12.3 Å². The van der Waals surface area contributed by atoms with Gasteiger partial charge in [-0.05, 0) is 17.7 Å². The zero-order valence-electron chi connectivity index (χ0n) is 10.2. The Morgan fingerprint density at radius 2 is 2.20 bits per heavy atom. The number of thioether (sulfide) groups is 1. The average Bonchev–Trinajstić information content (AvgIpc) is 2.72. The van der Waals surface area contributed by atoms with Crippen molar-refractivity contribution in [3.63, 3.8) is 0 Å². The fourth-order valence-corrected chi connectivity index (χ4v) is 2.90. The summed E-state index contributed by atoms with van der Waals surface area (Å²) in [6.45, 7) is 0. The standard InChI is InChI=1S/C12H12BrN3O3S/c13-8-3-1-7(2-4-8)6-14-16-12-15-11(19)9(20-12)5-10(17)18/h1-4,6,9,12,16H,5H2,(H,15,19)(H,17,18)/b14-6-/t9-,12-/m1/s1. The number of hydrazone groups is 1. The van der Waals surface area contributed by atoms with E-state index in [0.29, 0.717) is 0 Å². The van der Waals surface area contributed by atoms with Gasteiger partial charge in [-0.15, -0.1) is 11.8 Å². The number of benzene rings is 1. The second-order valence-corrected chi connectivity index (χ2v) is 6.28. The van der Waals surface area contributed by atoms with Crippen molar-refractivity contribution in [2.75, 3.05) is 0 Å². The number of hydrogen-bond acceptors (Lipinski definition) is 5. The van der Waals surface area contributed by atoms with Crippen LogP contribution in [0, 0.1) is 0 Å². The van der Waals surface area contributed by atoms with Crippen LogP contribution in [0.3, 0.4) is 0 Å². The Bertz CT molecular complexity index is 535. The van der Waals surface area contributed by atoms with Crippen LogP contribution in [0.1, 0.15) is 12.0 Å². The lowest BCUT2D eigenvalue weighted by atomic mass is 10.2. The number of carbonyl (C=O) groups is 2. The number of carboxylic acid groups (broad SMARTS) is 1. The smallest absolute Gasteiger partial charge is 0.305 e. The van der Waals surface area contributed by atoms with Crippen LogP contribution in [0.5, 0.6) is 0 Å². The van der Waals surface area contributed by atoms with Crippen LogP contribution >= 0.6 is 27.7 Å². The minimum Gasteiger partial charge on any atom is -0.481 e. The van der Waals surface area contributed by atoms with E-state index < -0.39 is 16.7 Å². The summed E-state index contributed by atoms with van der Waals surface area (Å²) >= 11 is 4.55. The Hall–Kier alpha value is -1.54. The van der Waals surface area contributed by atoms with Crippen molar-refractivity contribution in [2.24, 2.45) is 5.10 Å². The highest BCUT2D eigenvalue weighted by Crippen LogP contribution is 2.24. The van der Waals surface area contributed by atoms with Gasteiger partial charge in [0.05, 0.1) is 17.9 Å². The van der Waals surface area contributed by atoms with Crippen molar-refractivity contribution in [2.45, 2.75) is 17.2 Å². The minimum atomic E-state index is -0.989. The molecule has 0 spiro atoms. The third-order valence-corrected chi connectivity index (χ3v) is 4.23. The summed E-state index contributed by atoms with van der Waals surface area (Å²) in [5.74, 6) is -1.27. The summed E-state index contributed by atoms with van der Waals surface area (Å²) in [6, 6.07) is 7.58. The number of hydrogen-bond donors (Lipinski definition) is 3. The monoisotopic (exact) mass is 357 g/mol. The molecular weight excluding hydrogens is 346 g/mol. The first-order valence-corrected chi connectivity index (χ1v) is 7.50. The van der Waals surface area contributed by atoms with Gasteiger partial charge in [0.1, 0.15) is 0 Å². The third kappa shape index (κ3) is 4.24. The van der Waals surface area contributed by atoms with Gasteiger partial charge in [-0.3, -0.25) is 15.0 Å². The van der Waals surface area contributed by atoms with Crippen molar-refractivity contribution in [3.05, 3.63) is 34.3 Å².